The Morgan fingerprint density at radius 3 is 3.13 bits per heavy atom. The molecule has 2 unspecified atom stereocenters. The first-order chi connectivity index (χ1) is 7.36. The quantitative estimate of drug-likeness (QED) is 0.846. The summed E-state index contributed by atoms with van der Waals surface area (Å²) in [5.74, 6) is 0. The minimum Gasteiger partial charge on any atom is -0.376 e. The molecule has 1 aromatic rings. The number of thiophene rings is 1. The van der Waals surface area contributed by atoms with E-state index in [0.717, 1.165) is 12.8 Å². The molecule has 1 aliphatic rings. The molecule has 1 fully saturated rings. The van der Waals surface area contributed by atoms with Crippen molar-refractivity contribution in [2.24, 2.45) is 5.73 Å². The highest BCUT2D eigenvalue weighted by Crippen LogP contribution is 2.13. The maximum absolute atomic E-state index is 6.06. The third-order valence-corrected chi connectivity index (χ3v) is 3.40. The zero-order valence-electron chi connectivity index (χ0n) is 8.72. The summed E-state index contributed by atoms with van der Waals surface area (Å²) in [6.45, 7) is 2.02. The number of rotatable bonds is 4. The lowest BCUT2D eigenvalue weighted by Crippen LogP contribution is -2.43. The molecule has 0 aromatic carbocycles. The minimum absolute atomic E-state index is 0.0809. The molecule has 0 bridgehead atoms. The van der Waals surface area contributed by atoms with Crippen LogP contribution in [0.2, 0.25) is 0 Å². The molecule has 3 nitrogen and oxygen atoms in total. The lowest BCUT2D eigenvalue weighted by molar-refractivity contribution is -0.0975. The SMILES string of the molecule is NC(CCc1ccsc1)C1COCCO1. The first-order valence-corrected chi connectivity index (χ1v) is 6.26. The highest BCUT2D eigenvalue weighted by atomic mass is 32.1. The molecule has 2 N–H and O–H groups in total. The summed E-state index contributed by atoms with van der Waals surface area (Å²) in [5.41, 5.74) is 7.43. The van der Waals surface area contributed by atoms with Crippen LogP contribution >= 0.6 is 11.3 Å². The summed E-state index contributed by atoms with van der Waals surface area (Å²) in [5, 5.41) is 4.27. The Morgan fingerprint density at radius 1 is 1.53 bits per heavy atom. The molecule has 0 saturated carbocycles. The van der Waals surface area contributed by atoms with Gasteiger partial charge in [-0.05, 0) is 35.2 Å². The number of aryl methyl sites for hydroxylation is 1. The predicted octanol–water partition coefficient (Wildman–Crippen LogP) is 1.42. The summed E-state index contributed by atoms with van der Waals surface area (Å²) >= 11 is 1.73. The molecule has 84 valence electrons. The highest BCUT2D eigenvalue weighted by molar-refractivity contribution is 7.07. The fraction of sp³-hybridized carbons (Fsp3) is 0.636. The fourth-order valence-electron chi connectivity index (χ4n) is 1.71. The van der Waals surface area contributed by atoms with Crippen molar-refractivity contribution in [2.75, 3.05) is 19.8 Å². The molecule has 15 heavy (non-hydrogen) atoms. The second-order valence-corrected chi connectivity index (χ2v) is 4.60. The smallest absolute Gasteiger partial charge is 0.0960 e. The van der Waals surface area contributed by atoms with Gasteiger partial charge in [0.15, 0.2) is 0 Å². The molecule has 0 spiro atoms. The van der Waals surface area contributed by atoms with Gasteiger partial charge in [0.25, 0.3) is 0 Å². The Hall–Kier alpha value is -0.420. The van der Waals surface area contributed by atoms with E-state index in [9.17, 15) is 0 Å². The van der Waals surface area contributed by atoms with Crippen molar-refractivity contribution >= 4 is 11.3 Å². The van der Waals surface area contributed by atoms with Crippen LogP contribution in [0.15, 0.2) is 16.8 Å². The first-order valence-electron chi connectivity index (χ1n) is 5.32. The zero-order chi connectivity index (χ0) is 10.5. The monoisotopic (exact) mass is 227 g/mol. The van der Waals surface area contributed by atoms with E-state index < -0.39 is 0 Å². The zero-order valence-corrected chi connectivity index (χ0v) is 9.54. The van der Waals surface area contributed by atoms with E-state index in [1.807, 2.05) is 0 Å². The molecule has 0 radical (unpaired) electrons. The molecular weight excluding hydrogens is 210 g/mol. The van der Waals surface area contributed by atoms with E-state index in [4.69, 9.17) is 15.2 Å². The van der Waals surface area contributed by atoms with Crippen molar-refractivity contribution < 1.29 is 9.47 Å². The van der Waals surface area contributed by atoms with Crippen molar-refractivity contribution in [1.82, 2.24) is 0 Å². The number of nitrogens with two attached hydrogens (primary N) is 1. The summed E-state index contributed by atoms with van der Waals surface area (Å²) in [6, 6.07) is 2.24. The van der Waals surface area contributed by atoms with Gasteiger partial charge in [0, 0.05) is 6.04 Å². The summed E-state index contributed by atoms with van der Waals surface area (Å²) in [6.07, 6.45) is 2.08. The van der Waals surface area contributed by atoms with Gasteiger partial charge in [0.1, 0.15) is 0 Å². The third kappa shape index (κ3) is 3.28. The van der Waals surface area contributed by atoms with E-state index >= 15 is 0 Å². The molecule has 4 heteroatoms. The van der Waals surface area contributed by atoms with Gasteiger partial charge in [-0.15, -0.1) is 0 Å². The standard InChI is InChI=1S/C11H17NO2S/c12-10(11-7-13-4-5-14-11)2-1-9-3-6-15-8-9/h3,6,8,10-11H,1-2,4-5,7,12H2. The minimum atomic E-state index is 0.0809. The highest BCUT2D eigenvalue weighted by Gasteiger charge is 2.21. The van der Waals surface area contributed by atoms with Crippen molar-refractivity contribution in [3.8, 4) is 0 Å². The van der Waals surface area contributed by atoms with Crippen molar-refractivity contribution in [1.29, 1.82) is 0 Å². The van der Waals surface area contributed by atoms with E-state index in [1.165, 1.54) is 5.56 Å². The second kappa shape index (κ2) is 5.61. The first kappa shape index (κ1) is 11.1. The van der Waals surface area contributed by atoms with Crippen LogP contribution < -0.4 is 5.73 Å². The Bertz CT molecular complexity index is 270. The largest absolute Gasteiger partial charge is 0.376 e. The van der Waals surface area contributed by atoms with Gasteiger partial charge in [0.2, 0.25) is 0 Å². The van der Waals surface area contributed by atoms with Crippen LogP contribution in [0.5, 0.6) is 0 Å². The molecule has 2 rings (SSSR count). The van der Waals surface area contributed by atoms with Crippen LogP contribution in [0.25, 0.3) is 0 Å². The summed E-state index contributed by atoms with van der Waals surface area (Å²) < 4.78 is 10.9. The molecule has 1 saturated heterocycles. The van der Waals surface area contributed by atoms with Gasteiger partial charge in [-0.2, -0.15) is 11.3 Å². The maximum Gasteiger partial charge on any atom is 0.0960 e. The van der Waals surface area contributed by atoms with Crippen molar-refractivity contribution in [2.45, 2.75) is 25.0 Å². The fourth-order valence-corrected chi connectivity index (χ4v) is 2.41. The maximum atomic E-state index is 6.06. The van der Waals surface area contributed by atoms with Crippen LogP contribution in [0.1, 0.15) is 12.0 Å². The Kier molecular flexibility index (Phi) is 4.14. The van der Waals surface area contributed by atoms with E-state index in [1.54, 1.807) is 11.3 Å². The van der Waals surface area contributed by atoms with Crippen LogP contribution in [0, 0.1) is 0 Å². The second-order valence-electron chi connectivity index (χ2n) is 3.82. The average Bonchev–Trinajstić information content (AvgIpc) is 2.80. The molecule has 2 atom stereocenters. The van der Waals surface area contributed by atoms with Gasteiger partial charge in [-0.25, -0.2) is 0 Å². The van der Waals surface area contributed by atoms with Gasteiger partial charge in [-0.3, -0.25) is 0 Å². The van der Waals surface area contributed by atoms with Gasteiger partial charge in [-0.1, -0.05) is 0 Å². The predicted molar refractivity (Wildman–Crippen MR) is 61.2 cm³/mol. The van der Waals surface area contributed by atoms with Crippen LogP contribution in [0.4, 0.5) is 0 Å². The Morgan fingerprint density at radius 2 is 2.47 bits per heavy atom. The lowest BCUT2D eigenvalue weighted by atomic mass is 10.0. The van der Waals surface area contributed by atoms with Gasteiger partial charge in [0.05, 0.1) is 25.9 Å². The van der Waals surface area contributed by atoms with Crippen LogP contribution in [-0.2, 0) is 15.9 Å². The molecule has 0 aliphatic carbocycles. The number of hydrogen-bond acceptors (Lipinski definition) is 4. The number of hydrogen-bond donors (Lipinski definition) is 1. The molecule has 1 aliphatic heterocycles. The normalized spacial score (nSPS) is 23.9. The molecule has 0 amide bonds. The van der Waals surface area contributed by atoms with Gasteiger partial charge < -0.3 is 15.2 Å². The summed E-state index contributed by atoms with van der Waals surface area (Å²) in [4.78, 5) is 0. The molecular formula is C11H17NO2S. The van der Waals surface area contributed by atoms with E-state index in [0.29, 0.717) is 19.8 Å². The third-order valence-electron chi connectivity index (χ3n) is 2.67. The lowest BCUT2D eigenvalue weighted by Gasteiger charge is -2.27. The van der Waals surface area contributed by atoms with Crippen LogP contribution in [-0.4, -0.2) is 32.0 Å². The topological polar surface area (TPSA) is 44.5 Å². The average molecular weight is 227 g/mol. The van der Waals surface area contributed by atoms with Gasteiger partial charge >= 0.3 is 0 Å². The Balaban J connectivity index is 1.74. The molecule has 2 heterocycles. The van der Waals surface area contributed by atoms with Crippen LogP contribution in [0.3, 0.4) is 0 Å². The van der Waals surface area contributed by atoms with Crippen molar-refractivity contribution in [3.63, 3.8) is 0 Å². The summed E-state index contributed by atoms with van der Waals surface area (Å²) in [7, 11) is 0. The molecule has 1 aromatic heterocycles. The Labute approximate surface area is 94.2 Å². The number of ether oxygens (including phenoxy) is 2. The van der Waals surface area contributed by atoms with Crippen molar-refractivity contribution in [3.05, 3.63) is 22.4 Å². The van der Waals surface area contributed by atoms with E-state index in [-0.39, 0.29) is 12.1 Å². The van der Waals surface area contributed by atoms with E-state index in [2.05, 4.69) is 16.8 Å².